The minimum absolute atomic E-state index is 0.147. The SMILES string of the molecule is CCOC(=O)C(CC)(Cc1ccccc1)NC(C)CC. The normalized spacial score (nSPS) is 15.4. The summed E-state index contributed by atoms with van der Waals surface area (Å²) in [6, 6.07) is 10.4. The summed E-state index contributed by atoms with van der Waals surface area (Å²) in [5.74, 6) is -0.147. The molecule has 112 valence electrons. The lowest BCUT2D eigenvalue weighted by Gasteiger charge is -2.34. The zero-order chi connectivity index (χ0) is 15.0. The molecule has 0 aliphatic rings. The van der Waals surface area contributed by atoms with Gasteiger partial charge >= 0.3 is 5.97 Å². The molecule has 20 heavy (non-hydrogen) atoms. The summed E-state index contributed by atoms with van der Waals surface area (Å²) in [5.41, 5.74) is 0.519. The number of hydrogen-bond donors (Lipinski definition) is 1. The van der Waals surface area contributed by atoms with Crippen LogP contribution in [0.5, 0.6) is 0 Å². The van der Waals surface area contributed by atoms with Gasteiger partial charge in [0.25, 0.3) is 0 Å². The molecule has 0 fully saturated rings. The van der Waals surface area contributed by atoms with E-state index in [0.717, 1.165) is 12.0 Å². The first-order chi connectivity index (χ1) is 9.57. The first-order valence-corrected chi connectivity index (χ1v) is 7.56. The Kier molecular flexibility index (Phi) is 6.73. The smallest absolute Gasteiger partial charge is 0.326 e. The molecule has 0 bridgehead atoms. The van der Waals surface area contributed by atoms with E-state index in [4.69, 9.17) is 4.74 Å². The van der Waals surface area contributed by atoms with Crippen molar-refractivity contribution in [3.05, 3.63) is 35.9 Å². The molecular formula is C17H27NO2. The largest absolute Gasteiger partial charge is 0.465 e. The van der Waals surface area contributed by atoms with Crippen LogP contribution in [0.3, 0.4) is 0 Å². The molecule has 3 nitrogen and oxygen atoms in total. The monoisotopic (exact) mass is 277 g/mol. The van der Waals surface area contributed by atoms with Crippen LogP contribution in [-0.2, 0) is 16.0 Å². The Hall–Kier alpha value is -1.35. The first kappa shape index (κ1) is 16.7. The van der Waals surface area contributed by atoms with Gasteiger partial charge in [0.1, 0.15) is 5.54 Å². The molecule has 0 aliphatic carbocycles. The van der Waals surface area contributed by atoms with E-state index in [2.05, 4.69) is 31.3 Å². The number of benzene rings is 1. The van der Waals surface area contributed by atoms with Crippen molar-refractivity contribution in [2.75, 3.05) is 6.61 Å². The van der Waals surface area contributed by atoms with E-state index in [1.54, 1.807) is 0 Å². The highest BCUT2D eigenvalue weighted by atomic mass is 16.5. The lowest BCUT2D eigenvalue weighted by Crippen LogP contribution is -2.57. The van der Waals surface area contributed by atoms with E-state index < -0.39 is 5.54 Å². The fraction of sp³-hybridized carbons (Fsp3) is 0.588. The fourth-order valence-electron chi connectivity index (χ4n) is 2.34. The maximum absolute atomic E-state index is 12.5. The second-order valence-corrected chi connectivity index (χ2v) is 5.27. The first-order valence-electron chi connectivity index (χ1n) is 7.56. The molecule has 1 aromatic carbocycles. The minimum atomic E-state index is -0.632. The second-order valence-electron chi connectivity index (χ2n) is 5.27. The van der Waals surface area contributed by atoms with Crippen LogP contribution in [0.4, 0.5) is 0 Å². The molecule has 0 heterocycles. The third kappa shape index (κ3) is 4.34. The summed E-state index contributed by atoms with van der Waals surface area (Å²) in [6.07, 6.45) is 2.36. The number of carbonyl (C=O) groups excluding carboxylic acids is 1. The van der Waals surface area contributed by atoms with Crippen LogP contribution in [0.2, 0.25) is 0 Å². The summed E-state index contributed by atoms with van der Waals surface area (Å²) in [5, 5.41) is 3.49. The lowest BCUT2D eigenvalue weighted by atomic mass is 9.87. The molecule has 0 radical (unpaired) electrons. The van der Waals surface area contributed by atoms with E-state index in [-0.39, 0.29) is 12.0 Å². The topological polar surface area (TPSA) is 38.3 Å². The molecule has 0 saturated carbocycles. The van der Waals surface area contributed by atoms with E-state index in [0.29, 0.717) is 19.4 Å². The summed E-state index contributed by atoms with van der Waals surface area (Å²) in [4.78, 5) is 12.5. The Morgan fingerprint density at radius 2 is 1.90 bits per heavy atom. The quantitative estimate of drug-likeness (QED) is 0.741. The third-order valence-corrected chi connectivity index (χ3v) is 3.75. The van der Waals surface area contributed by atoms with Gasteiger partial charge in [-0.15, -0.1) is 0 Å². The molecule has 2 unspecified atom stereocenters. The Balaban J connectivity index is 3.00. The maximum Gasteiger partial charge on any atom is 0.326 e. The van der Waals surface area contributed by atoms with Crippen molar-refractivity contribution in [2.24, 2.45) is 0 Å². The summed E-state index contributed by atoms with van der Waals surface area (Å²) < 4.78 is 5.31. The summed E-state index contributed by atoms with van der Waals surface area (Å²) >= 11 is 0. The highest BCUT2D eigenvalue weighted by Crippen LogP contribution is 2.21. The highest BCUT2D eigenvalue weighted by molar-refractivity contribution is 5.81. The van der Waals surface area contributed by atoms with Gasteiger partial charge in [0.15, 0.2) is 0 Å². The van der Waals surface area contributed by atoms with Crippen molar-refractivity contribution in [3.63, 3.8) is 0 Å². The number of rotatable bonds is 8. The van der Waals surface area contributed by atoms with Crippen LogP contribution in [-0.4, -0.2) is 24.2 Å². The van der Waals surface area contributed by atoms with Gasteiger partial charge in [-0.25, -0.2) is 0 Å². The van der Waals surface area contributed by atoms with Gasteiger partial charge < -0.3 is 4.74 Å². The van der Waals surface area contributed by atoms with Crippen molar-refractivity contribution >= 4 is 5.97 Å². The van der Waals surface area contributed by atoms with Gasteiger partial charge in [-0.05, 0) is 32.3 Å². The number of esters is 1. The fourth-order valence-corrected chi connectivity index (χ4v) is 2.34. The molecule has 1 rings (SSSR count). The Bertz CT molecular complexity index is 405. The molecule has 1 N–H and O–H groups in total. The van der Waals surface area contributed by atoms with E-state index in [1.807, 2.05) is 32.0 Å². The number of carbonyl (C=O) groups is 1. The average molecular weight is 277 g/mol. The maximum atomic E-state index is 12.5. The van der Waals surface area contributed by atoms with Crippen LogP contribution in [0.15, 0.2) is 30.3 Å². The van der Waals surface area contributed by atoms with E-state index in [1.165, 1.54) is 0 Å². The molecule has 0 amide bonds. The molecule has 0 aromatic heterocycles. The van der Waals surface area contributed by atoms with Crippen molar-refractivity contribution in [1.29, 1.82) is 0 Å². The van der Waals surface area contributed by atoms with E-state index in [9.17, 15) is 4.79 Å². The number of nitrogens with one attached hydrogen (secondary N) is 1. The number of hydrogen-bond acceptors (Lipinski definition) is 3. The van der Waals surface area contributed by atoms with Gasteiger partial charge in [0.05, 0.1) is 6.61 Å². The zero-order valence-electron chi connectivity index (χ0n) is 13.1. The highest BCUT2D eigenvalue weighted by Gasteiger charge is 2.38. The second kappa shape index (κ2) is 8.05. The van der Waals surface area contributed by atoms with Crippen molar-refractivity contribution in [3.8, 4) is 0 Å². The van der Waals surface area contributed by atoms with Crippen LogP contribution < -0.4 is 5.32 Å². The van der Waals surface area contributed by atoms with Crippen LogP contribution >= 0.6 is 0 Å². The Labute approximate surface area is 122 Å². The molecule has 0 saturated heterocycles. The predicted octanol–water partition coefficient (Wildman–Crippen LogP) is 3.33. The average Bonchev–Trinajstić information content (AvgIpc) is 2.47. The van der Waals surface area contributed by atoms with Gasteiger partial charge in [0.2, 0.25) is 0 Å². The van der Waals surface area contributed by atoms with Gasteiger partial charge in [-0.1, -0.05) is 44.2 Å². The van der Waals surface area contributed by atoms with Crippen LogP contribution in [0.1, 0.15) is 46.1 Å². The molecule has 0 spiro atoms. The van der Waals surface area contributed by atoms with E-state index >= 15 is 0 Å². The summed E-state index contributed by atoms with van der Waals surface area (Å²) in [6.45, 7) is 8.53. The van der Waals surface area contributed by atoms with Gasteiger partial charge in [-0.2, -0.15) is 0 Å². The molecule has 2 atom stereocenters. The van der Waals surface area contributed by atoms with Gasteiger partial charge in [-0.3, -0.25) is 10.1 Å². The standard InChI is InChI=1S/C17H27NO2/c1-5-14(4)18-17(6-2,16(19)20-7-3)13-15-11-9-8-10-12-15/h8-12,14,18H,5-7,13H2,1-4H3. The molecule has 3 heteroatoms. The Morgan fingerprint density at radius 1 is 1.25 bits per heavy atom. The van der Waals surface area contributed by atoms with Crippen molar-refractivity contribution < 1.29 is 9.53 Å². The predicted molar refractivity (Wildman–Crippen MR) is 82.7 cm³/mol. The number of ether oxygens (including phenoxy) is 1. The molecule has 1 aromatic rings. The van der Waals surface area contributed by atoms with Crippen LogP contribution in [0, 0.1) is 0 Å². The van der Waals surface area contributed by atoms with Crippen LogP contribution in [0.25, 0.3) is 0 Å². The zero-order valence-corrected chi connectivity index (χ0v) is 13.1. The van der Waals surface area contributed by atoms with Crippen molar-refractivity contribution in [1.82, 2.24) is 5.32 Å². The Morgan fingerprint density at radius 3 is 2.40 bits per heavy atom. The van der Waals surface area contributed by atoms with Gasteiger partial charge in [0, 0.05) is 12.5 Å². The summed E-state index contributed by atoms with van der Waals surface area (Å²) in [7, 11) is 0. The minimum Gasteiger partial charge on any atom is -0.465 e. The lowest BCUT2D eigenvalue weighted by molar-refractivity contribution is -0.151. The third-order valence-electron chi connectivity index (χ3n) is 3.75. The van der Waals surface area contributed by atoms with Crippen molar-refractivity contribution in [2.45, 2.75) is 58.5 Å². The molecule has 0 aliphatic heterocycles. The molecular weight excluding hydrogens is 250 g/mol.